The van der Waals surface area contributed by atoms with Crippen molar-refractivity contribution in [1.82, 2.24) is 5.32 Å². The SMILES string of the molecule is COCc1c(C(=O)NC2(CC(=O)O)CCCC2)oc2ccccc12. The lowest BCUT2D eigenvalue weighted by Gasteiger charge is -2.28. The van der Waals surface area contributed by atoms with E-state index < -0.39 is 11.5 Å². The predicted molar refractivity (Wildman–Crippen MR) is 87.8 cm³/mol. The first-order valence-electron chi connectivity index (χ1n) is 8.08. The number of nitrogens with one attached hydrogen (secondary N) is 1. The fourth-order valence-corrected chi connectivity index (χ4v) is 3.55. The smallest absolute Gasteiger partial charge is 0.305 e. The molecule has 2 aromatic rings. The van der Waals surface area contributed by atoms with Crippen molar-refractivity contribution >= 4 is 22.8 Å². The summed E-state index contributed by atoms with van der Waals surface area (Å²) in [7, 11) is 1.56. The Labute approximate surface area is 139 Å². The molecule has 6 heteroatoms. The first-order chi connectivity index (χ1) is 11.5. The normalized spacial score (nSPS) is 16.4. The average Bonchev–Trinajstić information content (AvgIpc) is 3.12. The predicted octanol–water partition coefficient (Wildman–Crippen LogP) is 3.10. The minimum Gasteiger partial charge on any atom is -0.481 e. The maximum atomic E-state index is 12.8. The van der Waals surface area contributed by atoms with E-state index in [2.05, 4.69) is 5.32 Å². The van der Waals surface area contributed by atoms with Crippen LogP contribution in [-0.4, -0.2) is 29.6 Å². The Kier molecular flexibility index (Phi) is 4.57. The van der Waals surface area contributed by atoms with E-state index >= 15 is 0 Å². The summed E-state index contributed by atoms with van der Waals surface area (Å²) in [5, 5.41) is 12.9. The maximum Gasteiger partial charge on any atom is 0.305 e. The van der Waals surface area contributed by atoms with Crippen LogP contribution in [0.15, 0.2) is 28.7 Å². The van der Waals surface area contributed by atoms with E-state index in [1.54, 1.807) is 13.2 Å². The molecular weight excluding hydrogens is 310 g/mol. The number of ether oxygens (including phenoxy) is 1. The van der Waals surface area contributed by atoms with Crippen molar-refractivity contribution in [2.75, 3.05) is 7.11 Å². The topological polar surface area (TPSA) is 88.8 Å². The summed E-state index contributed by atoms with van der Waals surface area (Å²) in [5.74, 6) is -1.07. The standard InChI is InChI=1S/C18H21NO5/c1-23-11-13-12-6-2-3-7-14(12)24-16(13)17(22)19-18(10-15(20)21)8-4-5-9-18/h2-3,6-7H,4-5,8-11H2,1H3,(H,19,22)(H,20,21). The van der Waals surface area contributed by atoms with Crippen molar-refractivity contribution in [2.24, 2.45) is 0 Å². The van der Waals surface area contributed by atoms with E-state index in [1.807, 2.05) is 18.2 Å². The Hall–Kier alpha value is -2.34. The molecule has 24 heavy (non-hydrogen) atoms. The second kappa shape index (κ2) is 6.65. The molecule has 6 nitrogen and oxygen atoms in total. The second-order valence-corrected chi connectivity index (χ2v) is 6.35. The van der Waals surface area contributed by atoms with Gasteiger partial charge in [-0.25, -0.2) is 0 Å². The van der Waals surface area contributed by atoms with Crippen LogP contribution in [0.1, 0.15) is 48.2 Å². The molecule has 128 valence electrons. The Morgan fingerprint density at radius 3 is 2.67 bits per heavy atom. The number of rotatable bonds is 6. The largest absolute Gasteiger partial charge is 0.481 e. The van der Waals surface area contributed by atoms with Crippen LogP contribution in [0.3, 0.4) is 0 Å². The summed E-state index contributed by atoms with van der Waals surface area (Å²) >= 11 is 0. The Morgan fingerprint density at radius 1 is 1.29 bits per heavy atom. The number of hydrogen-bond donors (Lipinski definition) is 2. The van der Waals surface area contributed by atoms with Gasteiger partial charge in [-0.05, 0) is 18.9 Å². The number of amides is 1. The number of fused-ring (bicyclic) bond motifs is 1. The van der Waals surface area contributed by atoms with Crippen LogP contribution in [0.4, 0.5) is 0 Å². The van der Waals surface area contributed by atoms with Gasteiger partial charge in [0.2, 0.25) is 0 Å². The molecule has 2 N–H and O–H groups in total. The van der Waals surface area contributed by atoms with Gasteiger partial charge in [0.05, 0.1) is 18.6 Å². The van der Waals surface area contributed by atoms with Gasteiger partial charge < -0.3 is 19.6 Å². The minimum absolute atomic E-state index is 0.0709. The van der Waals surface area contributed by atoms with Gasteiger partial charge in [-0.3, -0.25) is 9.59 Å². The Bertz CT molecular complexity index is 758. The molecule has 1 aliphatic carbocycles. The van der Waals surface area contributed by atoms with Gasteiger partial charge in [-0.15, -0.1) is 0 Å². The second-order valence-electron chi connectivity index (χ2n) is 6.35. The van der Waals surface area contributed by atoms with E-state index in [4.69, 9.17) is 9.15 Å². The number of benzene rings is 1. The number of methoxy groups -OCH3 is 1. The van der Waals surface area contributed by atoms with Gasteiger partial charge in [0.1, 0.15) is 5.58 Å². The molecule has 1 aromatic heterocycles. The van der Waals surface area contributed by atoms with Crippen LogP contribution in [-0.2, 0) is 16.1 Å². The molecule has 0 atom stereocenters. The van der Waals surface area contributed by atoms with E-state index in [0.29, 0.717) is 24.0 Å². The molecule has 0 bridgehead atoms. The number of para-hydroxylation sites is 1. The lowest BCUT2D eigenvalue weighted by atomic mass is 9.93. The van der Waals surface area contributed by atoms with Gasteiger partial charge >= 0.3 is 5.97 Å². The highest BCUT2D eigenvalue weighted by molar-refractivity contribution is 5.99. The summed E-state index contributed by atoms with van der Waals surface area (Å²) in [6.45, 7) is 0.256. The lowest BCUT2D eigenvalue weighted by molar-refractivity contribution is -0.138. The first-order valence-corrected chi connectivity index (χ1v) is 8.08. The lowest BCUT2D eigenvalue weighted by Crippen LogP contribution is -2.47. The molecular formula is C18H21NO5. The minimum atomic E-state index is -0.904. The number of hydrogen-bond acceptors (Lipinski definition) is 4. The van der Waals surface area contributed by atoms with Crippen molar-refractivity contribution in [3.63, 3.8) is 0 Å². The number of carboxylic acid groups (broad SMARTS) is 1. The fourth-order valence-electron chi connectivity index (χ4n) is 3.55. The average molecular weight is 331 g/mol. The van der Waals surface area contributed by atoms with Crippen LogP contribution in [0, 0.1) is 0 Å². The molecule has 1 amide bonds. The van der Waals surface area contributed by atoms with Gasteiger partial charge in [0.15, 0.2) is 5.76 Å². The number of carbonyl (C=O) groups excluding carboxylic acids is 1. The number of carboxylic acids is 1. The van der Waals surface area contributed by atoms with Crippen LogP contribution >= 0.6 is 0 Å². The zero-order chi connectivity index (χ0) is 17.2. The van der Waals surface area contributed by atoms with E-state index in [-0.39, 0.29) is 24.7 Å². The Balaban J connectivity index is 1.93. The zero-order valence-electron chi connectivity index (χ0n) is 13.6. The summed E-state index contributed by atoms with van der Waals surface area (Å²) in [6.07, 6.45) is 3.10. The van der Waals surface area contributed by atoms with Crippen LogP contribution in [0.5, 0.6) is 0 Å². The van der Waals surface area contributed by atoms with E-state index in [9.17, 15) is 14.7 Å². The third kappa shape index (κ3) is 3.14. The summed E-state index contributed by atoms with van der Waals surface area (Å²) in [6, 6.07) is 7.40. The summed E-state index contributed by atoms with van der Waals surface area (Å²) in [5.41, 5.74) is 0.620. The number of furan rings is 1. The van der Waals surface area contributed by atoms with Gasteiger partial charge in [0.25, 0.3) is 5.91 Å². The van der Waals surface area contributed by atoms with Crippen LogP contribution in [0.2, 0.25) is 0 Å². The van der Waals surface area contributed by atoms with Gasteiger partial charge in [-0.2, -0.15) is 0 Å². The van der Waals surface area contributed by atoms with Crippen molar-refractivity contribution < 1.29 is 23.8 Å². The first kappa shape index (κ1) is 16.5. The van der Waals surface area contributed by atoms with Gasteiger partial charge in [0, 0.05) is 18.1 Å². The molecule has 1 aromatic carbocycles. The van der Waals surface area contributed by atoms with Gasteiger partial charge in [-0.1, -0.05) is 31.0 Å². The highest BCUT2D eigenvalue weighted by Gasteiger charge is 2.38. The van der Waals surface area contributed by atoms with E-state index in [0.717, 1.165) is 18.2 Å². The van der Waals surface area contributed by atoms with E-state index in [1.165, 1.54) is 0 Å². The molecule has 1 saturated carbocycles. The monoisotopic (exact) mass is 331 g/mol. The maximum absolute atomic E-state index is 12.8. The number of carbonyl (C=O) groups is 2. The summed E-state index contributed by atoms with van der Waals surface area (Å²) < 4.78 is 10.9. The third-order valence-corrected chi connectivity index (χ3v) is 4.62. The highest BCUT2D eigenvalue weighted by Crippen LogP contribution is 2.34. The van der Waals surface area contributed by atoms with Crippen molar-refractivity contribution in [2.45, 2.75) is 44.2 Å². The number of aliphatic carboxylic acids is 1. The molecule has 0 aliphatic heterocycles. The zero-order valence-corrected chi connectivity index (χ0v) is 13.6. The van der Waals surface area contributed by atoms with Crippen molar-refractivity contribution in [1.29, 1.82) is 0 Å². The van der Waals surface area contributed by atoms with Crippen LogP contribution in [0.25, 0.3) is 11.0 Å². The molecule has 1 fully saturated rings. The molecule has 0 radical (unpaired) electrons. The van der Waals surface area contributed by atoms with Crippen molar-refractivity contribution in [3.05, 3.63) is 35.6 Å². The highest BCUT2D eigenvalue weighted by atomic mass is 16.5. The molecule has 1 heterocycles. The fraction of sp³-hybridized carbons (Fsp3) is 0.444. The molecule has 3 rings (SSSR count). The molecule has 0 unspecified atom stereocenters. The van der Waals surface area contributed by atoms with Crippen molar-refractivity contribution in [3.8, 4) is 0 Å². The third-order valence-electron chi connectivity index (χ3n) is 4.62. The Morgan fingerprint density at radius 2 is 2.00 bits per heavy atom. The quantitative estimate of drug-likeness (QED) is 0.849. The molecule has 0 saturated heterocycles. The van der Waals surface area contributed by atoms with Crippen LogP contribution < -0.4 is 5.32 Å². The molecule has 1 aliphatic rings. The summed E-state index contributed by atoms with van der Waals surface area (Å²) in [4.78, 5) is 24.0. The molecule has 0 spiro atoms.